The second kappa shape index (κ2) is 6.09. The highest BCUT2D eigenvalue weighted by Gasteiger charge is 2.15. The van der Waals surface area contributed by atoms with Crippen molar-refractivity contribution in [1.82, 2.24) is 5.32 Å². The second-order valence-corrected chi connectivity index (χ2v) is 3.17. The molecule has 0 aliphatic carbocycles. The zero-order valence-electron chi connectivity index (χ0n) is 8.91. The van der Waals surface area contributed by atoms with Gasteiger partial charge in [-0.3, -0.25) is 0 Å². The smallest absolute Gasteiger partial charge is 0.387 e. The molecule has 0 fully saturated rings. The van der Waals surface area contributed by atoms with Crippen molar-refractivity contribution >= 4 is 0 Å². The Morgan fingerprint density at radius 2 is 2.12 bits per heavy atom. The summed E-state index contributed by atoms with van der Waals surface area (Å²) in [7, 11) is 1.72. The van der Waals surface area contributed by atoms with Crippen LogP contribution in [-0.2, 0) is 0 Å². The summed E-state index contributed by atoms with van der Waals surface area (Å²) in [5.41, 5.74) is 0.642. The molecule has 2 nitrogen and oxygen atoms in total. The van der Waals surface area contributed by atoms with Crippen molar-refractivity contribution in [2.45, 2.75) is 19.1 Å². The Morgan fingerprint density at radius 1 is 1.44 bits per heavy atom. The second-order valence-electron chi connectivity index (χ2n) is 3.17. The van der Waals surface area contributed by atoms with Crippen LogP contribution in [0, 0.1) is 12.3 Å². The summed E-state index contributed by atoms with van der Waals surface area (Å²) < 4.78 is 28.8. The van der Waals surface area contributed by atoms with Crippen LogP contribution in [0.1, 0.15) is 18.0 Å². The van der Waals surface area contributed by atoms with E-state index in [4.69, 9.17) is 6.42 Å². The predicted molar refractivity (Wildman–Crippen MR) is 58.3 cm³/mol. The van der Waals surface area contributed by atoms with Crippen LogP contribution >= 0.6 is 0 Å². The molecule has 86 valence electrons. The van der Waals surface area contributed by atoms with Gasteiger partial charge in [0.15, 0.2) is 0 Å². The highest BCUT2D eigenvalue weighted by atomic mass is 19.3. The highest BCUT2D eigenvalue weighted by Crippen LogP contribution is 2.27. The fourth-order valence-electron chi connectivity index (χ4n) is 1.46. The summed E-state index contributed by atoms with van der Waals surface area (Å²) in [6.07, 6.45) is 5.63. The summed E-state index contributed by atoms with van der Waals surface area (Å²) in [4.78, 5) is 0. The molecule has 16 heavy (non-hydrogen) atoms. The zero-order valence-corrected chi connectivity index (χ0v) is 8.91. The first kappa shape index (κ1) is 12.5. The van der Waals surface area contributed by atoms with Crippen molar-refractivity contribution < 1.29 is 13.5 Å². The molecule has 0 bridgehead atoms. The van der Waals surface area contributed by atoms with Crippen LogP contribution in [0.4, 0.5) is 8.78 Å². The first-order valence-electron chi connectivity index (χ1n) is 4.83. The van der Waals surface area contributed by atoms with E-state index in [0.717, 1.165) is 0 Å². The fourth-order valence-corrected chi connectivity index (χ4v) is 1.46. The van der Waals surface area contributed by atoms with Gasteiger partial charge >= 0.3 is 6.61 Å². The molecule has 0 heterocycles. The van der Waals surface area contributed by atoms with Gasteiger partial charge in [-0.1, -0.05) is 18.2 Å². The quantitative estimate of drug-likeness (QED) is 0.778. The minimum atomic E-state index is -2.83. The molecule has 0 amide bonds. The van der Waals surface area contributed by atoms with E-state index in [1.807, 2.05) is 0 Å². The van der Waals surface area contributed by atoms with Gasteiger partial charge in [0, 0.05) is 18.0 Å². The lowest BCUT2D eigenvalue weighted by Crippen LogP contribution is -2.17. The van der Waals surface area contributed by atoms with Crippen LogP contribution in [0.25, 0.3) is 0 Å². The molecule has 1 N–H and O–H groups in total. The number of alkyl halides is 2. The predicted octanol–water partition coefficient (Wildman–Crippen LogP) is 2.57. The van der Waals surface area contributed by atoms with Crippen molar-refractivity contribution in [3.8, 4) is 18.1 Å². The molecule has 1 unspecified atom stereocenters. The largest absolute Gasteiger partial charge is 0.434 e. The Bertz CT molecular complexity index is 374. The van der Waals surface area contributed by atoms with Gasteiger partial charge in [0.1, 0.15) is 5.75 Å². The molecule has 1 rings (SSSR count). The summed E-state index contributed by atoms with van der Waals surface area (Å²) in [6, 6.07) is 6.44. The Balaban J connectivity index is 2.97. The molecule has 0 aromatic heterocycles. The Labute approximate surface area is 93.6 Å². The first-order valence-corrected chi connectivity index (χ1v) is 4.83. The lowest BCUT2D eigenvalue weighted by molar-refractivity contribution is -0.0506. The third-order valence-corrected chi connectivity index (χ3v) is 2.18. The molecule has 1 aromatic carbocycles. The van der Waals surface area contributed by atoms with Crippen molar-refractivity contribution in [3.05, 3.63) is 29.8 Å². The van der Waals surface area contributed by atoms with Crippen LogP contribution in [0.5, 0.6) is 5.75 Å². The maximum absolute atomic E-state index is 12.2. The number of benzene rings is 1. The molecule has 0 spiro atoms. The van der Waals surface area contributed by atoms with Crippen molar-refractivity contribution in [2.75, 3.05) is 7.05 Å². The average molecular weight is 225 g/mol. The van der Waals surface area contributed by atoms with Crippen LogP contribution in [0.15, 0.2) is 24.3 Å². The highest BCUT2D eigenvalue weighted by molar-refractivity contribution is 5.36. The summed E-state index contributed by atoms with van der Waals surface area (Å²) in [5.74, 6) is 2.65. The third-order valence-electron chi connectivity index (χ3n) is 2.18. The van der Waals surface area contributed by atoms with Gasteiger partial charge in [-0.25, -0.2) is 0 Å². The molecule has 0 aliphatic rings. The Morgan fingerprint density at radius 3 is 2.69 bits per heavy atom. The molecule has 0 saturated carbocycles. The van der Waals surface area contributed by atoms with Gasteiger partial charge in [0.2, 0.25) is 0 Å². The van der Waals surface area contributed by atoms with Gasteiger partial charge in [0.25, 0.3) is 0 Å². The minimum Gasteiger partial charge on any atom is -0.434 e. The third kappa shape index (κ3) is 3.21. The zero-order chi connectivity index (χ0) is 12.0. The van der Waals surface area contributed by atoms with E-state index in [-0.39, 0.29) is 11.8 Å². The Hall–Kier alpha value is -1.60. The standard InChI is InChI=1S/C12H13F2NO/c1-3-6-10(15-2)9-7-4-5-8-11(9)16-12(13)14/h1,4-5,7-8,10,12,15H,6H2,2H3. The number of hydrogen-bond donors (Lipinski definition) is 1. The van der Waals surface area contributed by atoms with Gasteiger partial charge in [-0.2, -0.15) is 8.78 Å². The average Bonchev–Trinajstić information content (AvgIpc) is 2.26. The van der Waals surface area contributed by atoms with Gasteiger partial charge in [0.05, 0.1) is 0 Å². The van der Waals surface area contributed by atoms with Crippen LogP contribution in [-0.4, -0.2) is 13.7 Å². The van der Waals surface area contributed by atoms with Crippen molar-refractivity contribution in [1.29, 1.82) is 0 Å². The summed E-state index contributed by atoms with van der Waals surface area (Å²) >= 11 is 0. The topological polar surface area (TPSA) is 21.3 Å². The fraction of sp³-hybridized carbons (Fsp3) is 0.333. The van der Waals surface area contributed by atoms with E-state index in [0.29, 0.717) is 12.0 Å². The first-order chi connectivity index (χ1) is 7.69. The molecule has 4 heteroatoms. The number of hydrogen-bond acceptors (Lipinski definition) is 2. The number of para-hydroxylation sites is 1. The monoisotopic (exact) mass is 225 g/mol. The van der Waals surface area contributed by atoms with Crippen LogP contribution in [0.2, 0.25) is 0 Å². The summed E-state index contributed by atoms with van der Waals surface area (Å²) in [6.45, 7) is -2.83. The molecule has 0 radical (unpaired) electrons. The number of rotatable bonds is 5. The van der Waals surface area contributed by atoms with Gasteiger partial charge in [-0.15, -0.1) is 12.3 Å². The van der Waals surface area contributed by atoms with Crippen molar-refractivity contribution in [2.24, 2.45) is 0 Å². The molecule has 0 aliphatic heterocycles. The summed E-state index contributed by atoms with van der Waals surface area (Å²) in [5, 5.41) is 2.97. The Kier molecular flexibility index (Phi) is 4.74. The van der Waals surface area contributed by atoms with E-state index in [1.54, 1.807) is 25.2 Å². The lowest BCUT2D eigenvalue weighted by Gasteiger charge is -2.17. The SMILES string of the molecule is C#CCC(NC)c1ccccc1OC(F)F. The number of halogens is 2. The number of terminal acetylenes is 1. The van der Waals surface area contributed by atoms with Crippen molar-refractivity contribution in [3.63, 3.8) is 0 Å². The molecule has 1 aromatic rings. The van der Waals surface area contributed by atoms with Crippen LogP contribution < -0.4 is 10.1 Å². The molecular weight excluding hydrogens is 212 g/mol. The van der Waals surface area contributed by atoms with Crippen LogP contribution in [0.3, 0.4) is 0 Å². The van der Waals surface area contributed by atoms with E-state index in [9.17, 15) is 8.78 Å². The van der Waals surface area contributed by atoms with E-state index < -0.39 is 6.61 Å². The number of ether oxygens (including phenoxy) is 1. The minimum absolute atomic E-state index is 0.159. The molecule has 1 atom stereocenters. The maximum Gasteiger partial charge on any atom is 0.387 e. The van der Waals surface area contributed by atoms with E-state index in [1.165, 1.54) is 6.07 Å². The van der Waals surface area contributed by atoms with E-state index >= 15 is 0 Å². The maximum atomic E-state index is 12.2. The number of nitrogens with one attached hydrogen (secondary N) is 1. The van der Waals surface area contributed by atoms with E-state index in [2.05, 4.69) is 16.0 Å². The normalized spacial score (nSPS) is 12.2. The van der Waals surface area contributed by atoms with Gasteiger partial charge in [-0.05, 0) is 13.1 Å². The molecular formula is C12H13F2NO. The lowest BCUT2D eigenvalue weighted by atomic mass is 10.0. The molecule has 0 saturated heterocycles. The van der Waals surface area contributed by atoms with Gasteiger partial charge < -0.3 is 10.1 Å².